The van der Waals surface area contributed by atoms with Gasteiger partial charge in [0.15, 0.2) is 0 Å². The fourth-order valence-electron chi connectivity index (χ4n) is 0.729. The molecule has 0 saturated heterocycles. The fraction of sp³-hybridized carbons (Fsp3) is 0.300. The zero-order chi connectivity index (χ0) is 10.1. The molecule has 0 aliphatic rings. The van der Waals surface area contributed by atoms with Gasteiger partial charge in [-0.3, -0.25) is 0 Å². The Hall–Kier alpha value is -1.51. The summed E-state index contributed by atoms with van der Waals surface area (Å²) in [6.45, 7) is 4.25. The van der Waals surface area contributed by atoms with Crippen LogP contribution in [-0.2, 0) is 11.3 Å². The van der Waals surface area contributed by atoms with Gasteiger partial charge in [0.2, 0.25) is 0 Å². The Morgan fingerprint density at radius 1 is 1.31 bits per heavy atom. The summed E-state index contributed by atoms with van der Waals surface area (Å²) in [4.78, 5) is 10.2. The second kappa shape index (κ2) is 7.16. The van der Waals surface area contributed by atoms with Crippen molar-refractivity contribution in [3.8, 4) is 0 Å². The van der Waals surface area contributed by atoms with E-state index < -0.39 is 6.09 Å². The van der Waals surface area contributed by atoms with Crippen LogP contribution in [-0.4, -0.2) is 6.09 Å². The summed E-state index contributed by atoms with van der Waals surface area (Å²) in [5.41, 5.74) is 5.72. The molecule has 1 aromatic carbocycles. The van der Waals surface area contributed by atoms with E-state index in [1.807, 2.05) is 44.2 Å². The van der Waals surface area contributed by atoms with Crippen LogP contribution in [0.25, 0.3) is 0 Å². The predicted molar refractivity (Wildman–Crippen MR) is 52.2 cm³/mol. The molecule has 0 atom stereocenters. The largest absolute Gasteiger partial charge is 0.445 e. The van der Waals surface area contributed by atoms with Gasteiger partial charge in [0, 0.05) is 0 Å². The van der Waals surface area contributed by atoms with Gasteiger partial charge >= 0.3 is 6.09 Å². The Morgan fingerprint density at radius 2 is 1.85 bits per heavy atom. The maximum atomic E-state index is 10.2. The molecule has 0 heterocycles. The first kappa shape index (κ1) is 11.5. The van der Waals surface area contributed by atoms with Gasteiger partial charge in [0.05, 0.1) is 0 Å². The Labute approximate surface area is 78.5 Å². The minimum atomic E-state index is -0.742. The summed E-state index contributed by atoms with van der Waals surface area (Å²) < 4.78 is 4.57. The van der Waals surface area contributed by atoms with E-state index in [0.717, 1.165) is 5.56 Å². The van der Waals surface area contributed by atoms with Crippen molar-refractivity contribution in [2.45, 2.75) is 20.5 Å². The van der Waals surface area contributed by atoms with E-state index in [9.17, 15) is 4.79 Å². The van der Waals surface area contributed by atoms with E-state index in [4.69, 9.17) is 5.73 Å². The summed E-state index contributed by atoms with van der Waals surface area (Å²) >= 11 is 0. The number of carbonyl (C=O) groups is 1. The monoisotopic (exact) mass is 181 g/mol. The van der Waals surface area contributed by atoms with Crippen molar-refractivity contribution in [3.05, 3.63) is 35.9 Å². The number of rotatable bonds is 2. The SMILES string of the molecule is CC.NC(=O)OCc1ccccc1. The molecule has 0 aliphatic heterocycles. The van der Waals surface area contributed by atoms with Gasteiger partial charge in [-0.1, -0.05) is 44.2 Å². The average molecular weight is 181 g/mol. The number of primary amides is 1. The molecule has 0 aromatic heterocycles. The van der Waals surface area contributed by atoms with Gasteiger partial charge < -0.3 is 10.5 Å². The zero-order valence-electron chi connectivity index (χ0n) is 7.99. The third-order valence-electron chi connectivity index (χ3n) is 1.22. The third kappa shape index (κ3) is 5.73. The highest BCUT2D eigenvalue weighted by Crippen LogP contribution is 1.99. The molecule has 0 spiro atoms. The highest BCUT2D eigenvalue weighted by molar-refractivity contribution is 5.64. The van der Waals surface area contributed by atoms with Gasteiger partial charge in [-0.2, -0.15) is 0 Å². The van der Waals surface area contributed by atoms with Crippen molar-refractivity contribution >= 4 is 6.09 Å². The fourth-order valence-corrected chi connectivity index (χ4v) is 0.729. The van der Waals surface area contributed by atoms with Gasteiger partial charge in [-0.25, -0.2) is 4.79 Å². The van der Waals surface area contributed by atoms with Crippen LogP contribution in [0.1, 0.15) is 19.4 Å². The highest BCUT2D eigenvalue weighted by atomic mass is 16.5. The second-order valence-electron chi connectivity index (χ2n) is 2.09. The normalized spacial score (nSPS) is 8.15. The number of benzene rings is 1. The molecule has 0 bridgehead atoms. The van der Waals surface area contributed by atoms with E-state index in [-0.39, 0.29) is 6.61 Å². The third-order valence-corrected chi connectivity index (χ3v) is 1.22. The second-order valence-corrected chi connectivity index (χ2v) is 2.09. The number of hydrogen-bond donors (Lipinski definition) is 1. The van der Waals surface area contributed by atoms with Crippen molar-refractivity contribution in [2.75, 3.05) is 0 Å². The Kier molecular flexibility index (Phi) is 6.32. The molecule has 0 saturated carbocycles. The van der Waals surface area contributed by atoms with Crippen molar-refractivity contribution in [2.24, 2.45) is 5.73 Å². The molecule has 3 heteroatoms. The number of nitrogens with two attached hydrogens (primary N) is 1. The summed E-state index contributed by atoms with van der Waals surface area (Å²) in [5, 5.41) is 0. The van der Waals surface area contributed by atoms with Crippen LogP contribution in [0.2, 0.25) is 0 Å². The number of hydrogen-bond acceptors (Lipinski definition) is 2. The van der Waals surface area contributed by atoms with Crippen LogP contribution >= 0.6 is 0 Å². The van der Waals surface area contributed by atoms with Crippen LogP contribution in [0.15, 0.2) is 30.3 Å². The Balaban J connectivity index is 0.000000671. The standard InChI is InChI=1S/C8H9NO2.C2H6/c9-8(10)11-6-7-4-2-1-3-5-7;1-2/h1-5H,6H2,(H2,9,10);1-2H3. The number of carbonyl (C=O) groups excluding carboxylic acids is 1. The van der Waals surface area contributed by atoms with E-state index in [1.54, 1.807) is 0 Å². The molecule has 1 amide bonds. The minimum absolute atomic E-state index is 0.246. The molecule has 1 rings (SSSR count). The van der Waals surface area contributed by atoms with E-state index in [0.29, 0.717) is 0 Å². The topological polar surface area (TPSA) is 52.3 Å². The molecule has 3 nitrogen and oxygen atoms in total. The quantitative estimate of drug-likeness (QED) is 0.761. The summed E-state index contributed by atoms with van der Waals surface area (Å²) in [6.07, 6.45) is -0.742. The molecule has 13 heavy (non-hydrogen) atoms. The summed E-state index contributed by atoms with van der Waals surface area (Å²) in [7, 11) is 0. The molecule has 0 aliphatic carbocycles. The van der Waals surface area contributed by atoms with Crippen molar-refractivity contribution in [1.29, 1.82) is 0 Å². The molecule has 2 N–H and O–H groups in total. The van der Waals surface area contributed by atoms with Gasteiger partial charge in [0.1, 0.15) is 6.61 Å². The predicted octanol–water partition coefficient (Wildman–Crippen LogP) is 2.31. The Morgan fingerprint density at radius 3 is 2.31 bits per heavy atom. The van der Waals surface area contributed by atoms with Crippen LogP contribution in [0, 0.1) is 0 Å². The van der Waals surface area contributed by atoms with Gasteiger partial charge in [0.25, 0.3) is 0 Å². The number of amides is 1. The minimum Gasteiger partial charge on any atom is -0.445 e. The highest BCUT2D eigenvalue weighted by Gasteiger charge is 1.93. The van der Waals surface area contributed by atoms with Crippen LogP contribution in [0.5, 0.6) is 0 Å². The molecular formula is C10H15NO2. The lowest BCUT2D eigenvalue weighted by Crippen LogP contribution is -2.12. The maximum absolute atomic E-state index is 10.2. The molecule has 0 radical (unpaired) electrons. The van der Waals surface area contributed by atoms with Crippen molar-refractivity contribution < 1.29 is 9.53 Å². The maximum Gasteiger partial charge on any atom is 0.404 e. The number of ether oxygens (including phenoxy) is 1. The van der Waals surface area contributed by atoms with Crippen LogP contribution < -0.4 is 5.73 Å². The van der Waals surface area contributed by atoms with Crippen LogP contribution in [0.4, 0.5) is 4.79 Å². The van der Waals surface area contributed by atoms with Crippen molar-refractivity contribution in [3.63, 3.8) is 0 Å². The van der Waals surface area contributed by atoms with E-state index >= 15 is 0 Å². The van der Waals surface area contributed by atoms with Crippen molar-refractivity contribution in [1.82, 2.24) is 0 Å². The average Bonchev–Trinajstić information content (AvgIpc) is 2.19. The lowest BCUT2D eigenvalue weighted by molar-refractivity contribution is 0.150. The molecule has 72 valence electrons. The molecular weight excluding hydrogens is 166 g/mol. The van der Waals surface area contributed by atoms with Gasteiger partial charge in [-0.05, 0) is 5.56 Å². The lowest BCUT2D eigenvalue weighted by atomic mass is 10.2. The van der Waals surface area contributed by atoms with Crippen LogP contribution in [0.3, 0.4) is 0 Å². The zero-order valence-corrected chi connectivity index (χ0v) is 7.99. The molecule has 1 aromatic rings. The summed E-state index contributed by atoms with van der Waals surface area (Å²) in [6, 6.07) is 9.37. The summed E-state index contributed by atoms with van der Waals surface area (Å²) in [5.74, 6) is 0. The first-order chi connectivity index (χ1) is 6.29. The molecule has 0 unspecified atom stereocenters. The molecule has 0 fully saturated rings. The van der Waals surface area contributed by atoms with E-state index in [2.05, 4.69) is 4.74 Å². The van der Waals surface area contributed by atoms with Gasteiger partial charge in [-0.15, -0.1) is 0 Å². The smallest absolute Gasteiger partial charge is 0.404 e. The Bertz CT molecular complexity index is 234. The first-order valence-electron chi connectivity index (χ1n) is 4.25. The van der Waals surface area contributed by atoms with E-state index in [1.165, 1.54) is 0 Å². The lowest BCUT2D eigenvalue weighted by Gasteiger charge is -1.99. The first-order valence-corrected chi connectivity index (χ1v) is 4.25.